The van der Waals surface area contributed by atoms with Crippen LogP contribution in [-0.2, 0) is 6.54 Å². The van der Waals surface area contributed by atoms with E-state index in [-0.39, 0.29) is 0 Å². The average Bonchev–Trinajstić information content (AvgIpc) is 2.55. The number of nitrogens with zero attached hydrogens (tertiary/aromatic N) is 2. The largest absolute Gasteiger partial charge is 0.367 e. The highest BCUT2D eigenvalue weighted by Gasteiger charge is 2.05. The van der Waals surface area contributed by atoms with Crippen molar-refractivity contribution in [3.8, 4) is 0 Å². The van der Waals surface area contributed by atoms with Gasteiger partial charge in [0.05, 0.1) is 12.3 Å². The molecule has 2 nitrogen and oxygen atoms in total. The predicted molar refractivity (Wildman–Crippen MR) is 68.5 cm³/mol. The first kappa shape index (κ1) is 10.7. The van der Waals surface area contributed by atoms with E-state index in [4.69, 9.17) is 0 Å². The summed E-state index contributed by atoms with van der Waals surface area (Å²) in [6.45, 7) is 1.80. The van der Waals surface area contributed by atoms with Crippen molar-refractivity contribution in [1.82, 2.24) is 4.90 Å². The van der Waals surface area contributed by atoms with Crippen molar-refractivity contribution >= 4 is 5.71 Å². The number of benzene rings is 1. The van der Waals surface area contributed by atoms with E-state index in [0.717, 1.165) is 18.8 Å². The first-order valence-electron chi connectivity index (χ1n) is 5.47. The van der Waals surface area contributed by atoms with E-state index in [0.29, 0.717) is 0 Å². The summed E-state index contributed by atoms with van der Waals surface area (Å²) >= 11 is 0. The second kappa shape index (κ2) is 5.31. The maximum atomic E-state index is 4.25. The molecule has 0 amide bonds. The van der Waals surface area contributed by atoms with Crippen LogP contribution >= 0.6 is 0 Å². The fourth-order valence-electron chi connectivity index (χ4n) is 1.72. The second-order valence-corrected chi connectivity index (χ2v) is 3.81. The molecule has 1 heterocycles. The Bertz CT molecular complexity index is 416. The topological polar surface area (TPSA) is 15.6 Å². The van der Waals surface area contributed by atoms with E-state index in [9.17, 15) is 0 Å². The Hall–Kier alpha value is -1.83. The minimum absolute atomic E-state index is 0.873. The van der Waals surface area contributed by atoms with E-state index < -0.39 is 0 Å². The van der Waals surface area contributed by atoms with Gasteiger partial charge in [-0.2, -0.15) is 0 Å². The predicted octanol–water partition coefficient (Wildman–Crippen LogP) is 2.64. The van der Waals surface area contributed by atoms with Crippen LogP contribution in [0.4, 0.5) is 0 Å². The van der Waals surface area contributed by atoms with E-state index in [1.165, 1.54) is 5.56 Å². The smallest absolute Gasteiger partial charge is 0.0595 e. The average molecular weight is 212 g/mol. The zero-order valence-electron chi connectivity index (χ0n) is 9.50. The van der Waals surface area contributed by atoms with Gasteiger partial charge in [0.1, 0.15) is 0 Å². The van der Waals surface area contributed by atoms with E-state index >= 15 is 0 Å². The Kier molecular flexibility index (Phi) is 3.54. The van der Waals surface area contributed by atoms with Crippen LogP contribution in [0, 0.1) is 0 Å². The molecule has 16 heavy (non-hydrogen) atoms. The highest BCUT2D eigenvalue weighted by atomic mass is 15.1. The third kappa shape index (κ3) is 2.83. The minimum Gasteiger partial charge on any atom is -0.367 e. The maximum absolute atomic E-state index is 4.25. The fourth-order valence-corrected chi connectivity index (χ4v) is 1.72. The minimum atomic E-state index is 0.873. The Morgan fingerprint density at radius 2 is 2.00 bits per heavy atom. The molecule has 0 N–H and O–H groups in total. The summed E-state index contributed by atoms with van der Waals surface area (Å²) < 4.78 is 0. The maximum Gasteiger partial charge on any atom is 0.0595 e. The molecule has 0 saturated carbocycles. The summed E-state index contributed by atoms with van der Waals surface area (Å²) in [5.74, 6) is 0. The van der Waals surface area contributed by atoms with Crippen LogP contribution in [0.1, 0.15) is 5.56 Å². The van der Waals surface area contributed by atoms with Gasteiger partial charge in [0.2, 0.25) is 0 Å². The van der Waals surface area contributed by atoms with E-state index in [1.807, 2.05) is 19.2 Å². The molecule has 2 heteroatoms. The molecular formula is C14H16N2. The van der Waals surface area contributed by atoms with E-state index in [1.54, 1.807) is 0 Å². The third-order valence-electron chi connectivity index (χ3n) is 2.58. The number of hydrogen-bond acceptors (Lipinski definition) is 2. The van der Waals surface area contributed by atoms with Gasteiger partial charge in [0, 0.05) is 13.6 Å². The number of allylic oxidation sites excluding steroid dienone is 2. The van der Waals surface area contributed by atoms with Crippen LogP contribution in [0.3, 0.4) is 0 Å². The molecular weight excluding hydrogens is 196 g/mol. The zero-order chi connectivity index (χ0) is 11.2. The summed E-state index contributed by atoms with van der Waals surface area (Å²) in [7, 11) is 1.84. The molecule has 2 rings (SSSR count). The molecule has 1 aliphatic rings. The van der Waals surface area contributed by atoms with Crippen LogP contribution in [0.5, 0.6) is 0 Å². The highest BCUT2D eigenvalue weighted by molar-refractivity contribution is 5.97. The second-order valence-electron chi connectivity index (χ2n) is 3.81. The molecule has 0 radical (unpaired) electrons. The van der Waals surface area contributed by atoms with Crippen LogP contribution in [0.2, 0.25) is 0 Å². The van der Waals surface area contributed by atoms with Crippen molar-refractivity contribution in [3.63, 3.8) is 0 Å². The molecule has 1 aliphatic heterocycles. The molecule has 82 valence electrons. The standard InChI is InChI=1S/C14H16N2/c1-15-14-9-5-6-10-16(12-14)11-13-7-3-2-4-8-13/h2-10H,11-12H2,1H3. The Morgan fingerprint density at radius 3 is 2.75 bits per heavy atom. The van der Waals surface area contributed by atoms with Gasteiger partial charge in [-0.3, -0.25) is 4.99 Å². The Balaban J connectivity index is 2.06. The molecule has 1 aromatic carbocycles. The van der Waals surface area contributed by atoms with Crippen molar-refractivity contribution in [2.45, 2.75) is 6.54 Å². The van der Waals surface area contributed by atoms with Crippen molar-refractivity contribution in [2.24, 2.45) is 4.99 Å². The van der Waals surface area contributed by atoms with Crippen molar-refractivity contribution < 1.29 is 0 Å². The van der Waals surface area contributed by atoms with Crippen molar-refractivity contribution in [2.75, 3.05) is 13.6 Å². The number of rotatable bonds is 2. The lowest BCUT2D eigenvalue weighted by molar-refractivity contribution is 0.422. The SMILES string of the molecule is CN=C1C=CC=CN(Cc2ccccc2)C1. The molecule has 0 atom stereocenters. The molecule has 0 unspecified atom stereocenters. The van der Waals surface area contributed by atoms with Gasteiger partial charge in [-0.1, -0.05) is 36.4 Å². The summed E-state index contributed by atoms with van der Waals surface area (Å²) in [5.41, 5.74) is 2.44. The lowest BCUT2D eigenvalue weighted by Gasteiger charge is -2.19. The monoisotopic (exact) mass is 212 g/mol. The summed E-state index contributed by atoms with van der Waals surface area (Å²) in [6.07, 6.45) is 8.26. The highest BCUT2D eigenvalue weighted by Crippen LogP contribution is 2.07. The van der Waals surface area contributed by atoms with E-state index in [2.05, 4.69) is 52.5 Å². The Morgan fingerprint density at radius 1 is 1.19 bits per heavy atom. The van der Waals surface area contributed by atoms with Crippen molar-refractivity contribution in [1.29, 1.82) is 0 Å². The van der Waals surface area contributed by atoms with Gasteiger partial charge in [-0.05, 0) is 23.9 Å². The lowest BCUT2D eigenvalue weighted by atomic mass is 10.2. The summed E-state index contributed by atoms with van der Waals surface area (Å²) in [4.78, 5) is 6.51. The molecule has 0 bridgehead atoms. The zero-order valence-corrected chi connectivity index (χ0v) is 9.50. The number of aliphatic imine (C=N–C) groups is 1. The third-order valence-corrected chi connectivity index (χ3v) is 2.58. The van der Waals surface area contributed by atoms with Crippen LogP contribution < -0.4 is 0 Å². The summed E-state index contributed by atoms with van der Waals surface area (Å²) in [5, 5.41) is 0. The van der Waals surface area contributed by atoms with Gasteiger partial charge >= 0.3 is 0 Å². The molecule has 0 aromatic heterocycles. The summed E-state index contributed by atoms with van der Waals surface area (Å²) in [6, 6.07) is 10.5. The van der Waals surface area contributed by atoms with Gasteiger partial charge in [0.15, 0.2) is 0 Å². The van der Waals surface area contributed by atoms with Gasteiger partial charge < -0.3 is 4.90 Å². The number of hydrogen-bond donors (Lipinski definition) is 0. The van der Waals surface area contributed by atoms with Crippen LogP contribution in [-0.4, -0.2) is 24.2 Å². The lowest BCUT2D eigenvalue weighted by Crippen LogP contribution is -2.22. The molecule has 1 aromatic rings. The quantitative estimate of drug-likeness (QED) is 0.736. The first-order chi connectivity index (χ1) is 7.88. The van der Waals surface area contributed by atoms with Gasteiger partial charge in [-0.15, -0.1) is 0 Å². The molecule has 0 spiro atoms. The fraction of sp³-hybridized carbons (Fsp3) is 0.214. The first-order valence-corrected chi connectivity index (χ1v) is 5.47. The van der Waals surface area contributed by atoms with Crippen molar-refractivity contribution in [3.05, 3.63) is 60.3 Å². The van der Waals surface area contributed by atoms with Gasteiger partial charge in [-0.25, -0.2) is 0 Å². The molecule has 0 aliphatic carbocycles. The van der Waals surface area contributed by atoms with Crippen LogP contribution in [0.25, 0.3) is 0 Å². The molecule has 0 saturated heterocycles. The normalized spacial score (nSPS) is 17.8. The van der Waals surface area contributed by atoms with Gasteiger partial charge in [0.25, 0.3) is 0 Å². The Labute approximate surface area is 96.6 Å². The van der Waals surface area contributed by atoms with Crippen LogP contribution in [0.15, 0.2) is 59.8 Å². The molecule has 0 fully saturated rings.